The maximum absolute atomic E-state index is 13.4. The molecular weight excluding hydrogens is 276 g/mol. The molecule has 1 aromatic carbocycles. The molecule has 1 heterocycles. The molecule has 0 aromatic heterocycles. The molecule has 1 atom stereocenters. The second-order valence-electron chi connectivity index (χ2n) is 4.87. The highest BCUT2D eigenvalue weighted by Gasteiger charge is 2.61. The molecule has 20 heavy (non-hydrogen) atoms. The van der Waals surface area contributed by atoms with E-state index in [1.54, 1.807) is 0 Å². The standard InChI is InChI=1S/C13H14F4N2O/c1-8-9(14)3-2-4-10(8)19-11(20)12(13(15,16)17)5-6-18-7-12/h2-4,18H,5-7H2,1H3,(H,19,20). The number of carbonyl (C=O) groups is 1. The molecule has 7 heteroatoms. The highest BCUT2D eigenvalue weighted by Crippen LogP contribution is 2.43. The van der Waals surface area contributed by atoms with E-state index in [0.29, 0.717) is 0 Å². The van der Waals surface area contributed by atoms with Crippen molar-refractivity contribution in [2.45, 2.75) is 19.5 Å². The molecule has 1 unspecified atom stereocenters. The monoisotopic (exact) mass is 290 g/mol. The van der Waals surface area contributed by atoms with E-state index >= 15 is 0 Å². The van der Waals surface area contributed by atoms with Crippen molar-refractivity contribution >= 4 is 11.6 Å². The van der Waals surface area contributed by atoms with Gasteiger partial charge < -0.3 is 10.6 Å². The Morgan fingerprint density at radius 2 is 2.10 bits per heavy atom. The SMILES string of the molecule is Cc1c(F)cccc1NC(=O)C1(C(F)(F)F)CCNC1. The maximum atomic E-state index is 13.4. The van der Waals surface area contributed by atoms with E-state index in [2.05, 4.69) is 10.6 Å². The third kappa shape index (κ3) is 2.37. The summed E-state index contributed by atoms with van der Waals surface area (Å²) < 4.78 is 52.9. The van der Waals surface area contributed by atoms with Crippen LogP contribution in [0.25, 0.3) is 0 Å². The van der Waals surface area contributed by atoms with Crippen molar-refractivity contribution in [1.82, 2.24) is 5.32 Å². The summed E-state index contributed by atoms with van der Waals surface area (Å²) in [5.41, 5.74) is -2.28. The summed E-state index contributed by atoms with van der Waals surface area (Å²) >= 11 is 0. The van der Waals surface area contributed by atoms with E-state index in [4.69, 9.17) is 0 Å². The van der Waals surface area contributed by atoms with Gasteiger partial charge in [-0.3, -0.25) is 4.79 Å². The lowest BCUT2D eigenvalue weighted by Crippen LogP contribution is -2.49. The molecule has 0 aliphatic carbocycles. The molecule has 0 saturated carbocycles. The van der Waals surface area contributed by atoms with Crippen molar-refractivity contribution in [2.75, 3.05) is 18.4 Å². The number of hydrogen-bond donors (Lipinski definition) is 2. The Morgan fingerprint density at radius 1 is 1.40 bits per heavy atom. The van der Waals surface area contributed by atoms with Gasteiger partial charge in [0.15, 0.2) is 5.41 Å². The van der Waals surface area contributed by atoms with Crippen LogP contribution in [0, 0.1) is 18.2 Å². The van der Waals surface area contributed by atoms with Crippen LogP contribution in [-0.4, -0.2) is 25.2 Å². The number of benzene rings is 1. The third-order valence-electron chi connectivity index (χ3n) is 3.65. The first-order chi connectivity index (χ1) is 9.28. The normalized spacial score (nSPS) is 22.9. The predicted octanol–water partition coefficient (Wildman–Crippen LogP) is 2.61. The second-order valence-corrected chi connectivity index (χ2v) is 4.87. The van der Waals surface area contributed by atoms with Gasteiger partial charge in [0.05, 0.1) is 0 Å². The number of hydrogen-bond acceptors (Lipinski definition) is 2. The zero-order chi connectivity index (χ0) is 15.0. The van der Waals surface area contributed by atoms with Gasteiger partial charge in [0, 0.05) is 17.8 Å². The number of carbonyl (C=O) groups excluding carboxylic acids is 1. The number of alkyl halides is 3. The summed E-state index contributed by atoms with van der Waals surface area (Å²) in [4.78, 5) is 12.1. The molecule has 110 valence electrons. The Kier molecular flexibility index (Phi) is 3.73. The predicted molar refractivity (Wildman–Crippen MR) is 65.7 cm³/mol. The molecular formula is C13H14F4N2O. The highest BCUT2D eigenvalue weighted by atomic mass is 19.4. The van der Waals surface area contributed by atoms with Gasteiger partial charge in [-0.1, -0.05) is 6.07 Å². The summed E-state index contributed by atoms with van der Waals surface area (Å²) in [6.07, 6.45) is -4.97. The van der Waals surface area contributed by atoms with Gasteiger partial charge in [-0.2, -0.15) is 13.2 Å². The minimum atomic E-state index is -4.65. The van der Waals surface area contributed by atoms with Crippen molar-refractivity contribution in [3.8, 4) is 0 Å². The number of amides is 1. The van der Waals surface area contributed by atoms with Gasteiger partial charge in [0.2, 0.25) is 5.91 Å². The van der Waals surface area contributed by atoms with Crippen LogP contribution in [0.3, 0.4) is 0 Å². The number of nitrogens with one attached hydrogen (secondary N) is 2. The summed E-state index contributed by atoms with van der Waals surface area (Å²) in [7, 11) is 0. The van der Waals surface area contributed by atoms with Crippen molar-refractivity contribution in [3.05, 3.63) is 29.6 Å². The fourth-order valence-electron chi connectivity index (χ4n) is 2.24. The van der Waals surface area contributed by atoms with Crippen LogP contribution in [0.2, 0.25) is 0 Å². The van der Waals surface area contributed by atoms with E-state index in [9.17, 15) is 22.4 Å². The van der Waals surface area contributed by atoms with E-state index in [1.807, 2.05) is 0 Å². The molecule has 2 N–H and O–H groups in total. The molecule has 3 nitrogen and oxygen atoms in total. The minimum absolute atomic E-state index is 0.0607. The van der Waals surface area contributed by atoms with Crippen LogP contribution in [0.15, 0.2) is 18.2 Å². The van der Waals surface area contributed by atoms with Gasteiger partial charge in [-0.25, -0.2) is 4.39 Å². The second kappa shape index (κ2) is 5.05. The summed E-state index contributed by atoms with van der Waals surface area (Å²) in [6, 6.07) is 3.90. The average molecular weight is 290 g/mol. The van der Waals surface area contributed by atoms with Crippen LogP contribution in [0.5, 0.6) is 0 Å². The molecule has 0 spiro atoms. The topological polar surface area (TPSA) is 41.1 Å². The Bertz CT molecular complexity index is 522. The smallest absolute Gasteiger partial charge is 0.325 e. The Hall–Kier alpha value is -1.63. The largest absolute Gasteiger partial charge is 0.404 e. The number of halogens is 4. The molecule has 1 amide bonds. The summed E-state index contributed by atoms with van der Waals surface area (Å²) in [6.45, 7) is 1.06. The highest BCUT2D eigenvalue weighted by molar-refractivity contribution is 5.97. The molecule has 0 bridgehead atoms. The Balaban J connectivity index is 2.29. The first-order valence-corrected chi connectivity index (χ1v) is 6.12. The molecule has 2 rings (SSSR count). The van der Waals surface area contributed by atoms with Gasteiger partial charge in [0.25, 0.3) is 0 Å². The van der Waals surface area contributed by atoms with Crippen molar-refractivity contribution in [2.24, 2.45) is 5.41 Å². The summed E-state index contributed by atoms with van der Waals surface area (Å²) in [5, 5.41) is 4.76. The van der Waals surface area contributed by atoms with Crippen LogP contribution in [0.4, 0.5) is 23.2 Å². The Labute approximate surface area is 113 Å². The van der Waals surface area contributed by atoms with E-state index in [1.165, 1.54) is 25.1 Å². The van der Waals surface area contributed by atoms with Crippen LogP contribution < -0.4 is 10.6 Å². The fourth-order valence-corrected chi connectivity index (χ4v) is 2.24. The van der Waals surface area contributed by atoms with Crippen LogP contribution in [0.1, 0.15) is 12.0 Å². The summed E-state index contributed by atoms with van der Waals surface area (Å²) in [5.74, 6) is -1.72. The van der Waals surface area contributed by atoms with E-state index < -0.39 is 29.9 Å². The molecule has 1 aliphatic heterocycles. The first kappa shape index (κ1) is 14.8. The van der Waals surface area contributed by atoms with Crippen molar-refractivity contribution in [3.63, 3.8) is 0 Å². The first-order valence-electron chi connectivity index (χ1n) is 6.12. The van der Waals surface area contributed by atoms with Gasteiger partial charge in [-0.15, -0.1) is 0 Å². The lowest BCUT2D eigenvalue weighted by Gasteiger charge is -2.29. The van der Waals surface area contributed by atoms with Crippen LogP contribution >= 0.6 is 0 Å². The Morgan fingerprint density at radius 3 is 2.65 bits per heavy atom. The fraction of sp³-hybridized carbons (Fsp3) is 0.462. The lowest BCUT2D eigenvalue weighted by molar-refractivity contribution is -0.213. The third-order valence-corrected chi connectivity index (χ3v) is 3.65. The number of anilines is 1. The zero-order valence-corrected chi connectivity index (χ0v) is 10.8. The van der Waals surface area contributed by atoms with Crippen molar-refractivity contribution in [1.29, 1.82) is 0 Å². The quantitative estimate of drug-likeness (QED) is 0.822. The molecule has 1 fully saturated rings. The number of rotatable bonds is 2. The van der Waals surface area contributed by atoms with E-state index in [0.717, 1.165) is 0 Å². The molecule has 1 saturated heterocycles. The molecule has 1 aliphatic rings. The molecule has 1 aromatic rings. The lowest BCUT2D eigenvalue weighted by atomic mass is 9.85. The zero-order valence-electron chi connectivity index (χ0n) is 10.8. The van der Waals surface area contributed by atoms with Gasteiger partial charge >= 0.3 is 6.18 Å². The van der Waals surface area contributed by atoms with Gasteiger partial charge in [0.1, 0.15) is 5.82 Å². The van der Waals surface area contributed by atoms with Crippen molar-refractivity contribution < 1.29 is 22.4 Å². The van der Waals surface area contributed by atoms with Crippen LogP contribution in [-0.2, 0) is 4.79 Å². The maximum Gasteiger partial charge on any atom is 0.404 e. The van der Waals surface area contributed by atoms with Gasteiger partial charge in [-0.05, 0) is 32.0 Å². The average Bonchev–Trinajstić information content (AvgIpc) is 2.85. The van der Waals surface area contributed by atoms with E-state index in [-0.39, 0.29) is 24.2 Å². The molecule has 0 radical (unpaired) electrons. The minimum Gasteiger partial charge on any atom is -0.325 e.